The zero-order valence-corrected chi connectivity index (χ0v) is 26.5. The van der Waals surface area contributed by atoms with Crippen LogP contribution in [0.1, 0.15) is 43.2 Å². The number of nitrogens with zero attached hydrogens (tertiary/aromatic N) is 2. The molecule has 2 fully saturated rings. The van der Waals surface area contributed by atoms with Crippen LogP contribution in [0, 0.1) is 5.92 Å². The minimum absolute atomic E-state index is 0.00687. The van der Waals surface area contributed by atoms with E-state index in [2.05, 4.69) is 37.1 Å². The summed E-state index contributed by atoms with van der Waals surface area (Å²) in [7, 11) is 9.86. The number of benzene rings is 2. The number of fused-ring (bicyclic) bond motifs is 1. The van der Waals surface area contributed by atoms with Crippen molar-refractivity contribution in [3.8, 4) is 5.75 Å². The fourth-order valence-electron chi connectivity index (χ4n) is 6.41. The van der Waals surface area contributed by atoms with Crippen molar-refractivity contribution in [2.45, 2.75) is 69.1 Å². The Bertz CT molecular complexity index is 1210. The zero-order chi connectivity index (χ0) is 31.0. The average Bonchev–Trinajstić information content (AvgIpc) is 3.38. The first-order valence-corrected chi connectivity index (χ1v) is 15.6. The Kier molecular flexibility index (Phi) is 11.2. The number of ether oxygens (including phenoxy) is 1. The van der Waals surface area contributed by atoms with Crippen LogP contribution in [0.4, 0.5) is 0 Å². The Morgan fingerprint density at radius 1 is 0.977 bits per heavy atom. The molecule has 5 atom stereocenters. The molecule has 0 unspecified atom stereocenters. The summed E-state index contributed by atoms with van der Waals surface area (Å²) in [5.41, 5.74) is 2.16. The van der Waals surface area contributed by atoms with Crippen LogP contribution in [0.15, 0.2) is 54.6 Å². The summed E-state index contributed by atoms with van der Waals surface area (Å²) in [6.07, 6.45) is 5.17. The number of quaternary nitrogens is 1. The average molecular weight is 593 g/mol. The second kappa shape index (κ2) is 14.8. The lowest BCUT2D eigenvalue weighted by atomic mass is 9.89. The summed E-state index contributed by atoms with van der Waals surface area (Å²) in [6.45, 7) is 1.38. The minimum Gasteiger partial charge on any atom is -0.497 e. The van der Waals surface area contributed by atoms with Crippen molar-refractivity contribution < 1.29 is 23.6 Å². The quantitative estimate of drug-likeness (QED) is 0.311. The Morgan fingerprint density at radius 3 is 2.33 bits per heavy atom. The molecule has 9 nitrogen and oxygen atoms in total. The van der Waals surface area contributed by atoms with Gasteiger partial charge in [0.1, 0.15) is 17.8 Å². The molecule has 0 radical (unpaired) electrons. The van der Waals surface area contributed by atoms with Gasteiger partial charge in [-0.05, 0) is 74.8 Å². The summed E-state index contributed by atoms with van der Waals surface area (Å²) < 4.78 is 6.01. The number of rotatable bonds is 13. The summed E-state index contributed by atoms with van der Waals surface area (Å²) in [5.74, 6) is 0.388. The SMILES string of the molecule is CN[C@H](Cc1ccccc1)C(=O)N[C@@H]1C(=O)N2[C@@H](CC[C@@H]1CC[N+](C)(C)C)CC[C@H]2C(=O)NCCc1ccc(OC)cc1. The normalized spacial score (nSPS) is 22.8. The molecule has 2 aliphatic heterocycles. The third-order valence-electron chi connectivity index (χ3n) is 8.96. The highest BCUT2D eigenvalue weighted by Crippen LogP contribution is 2.35. The van der Waals surface area contributed by atoms with Gasteiger partial charge in [0.15, 0.2) is 0 Å². The topological polar surface area (TPSA) is 99.8 Å². The second-order valence-corrected chi connectivity index (χ2v) is 13.0. The molecular weight excluding hydrogens is 542 g/mol. The first kappa shape index (κ1) is 32.5. The smallest absolute Gasteiger partial charge is 0.246 e. The highest BCUT2D eigenvalue weighted by atomic mass is 16.5. The van der Waals surface area contributed by atoms with Crippen LogP contribution < -0.4 is 20.7 Å². The number of hydrogen-bond donors (Lipinski definition) is 3. The van der Waals surface area contributed by atoms with Gasteiger partial charge in [0.25, 0.3) is 0 Å². The predicted molar refractivity (Wildman–Crippen MR) is 169 cm³/mol. The van der Waals surface area contributed by atoms with E-state index < -0.39 is 18.1 Å². The van der Waals surface area contributed by atoms with Gasteiger partial charge in [-0.1, -0.05) is 42.5 Å². The van der Waals surface area contributed by atoms with Crippen LogP contribution in [-0.2, 0) is 27.2 Å². The van der Waals surface area contributed by atoms with E-state index in [1.54, 1.807) is 14.2 Å². The van der Waals surface area contributed by atoms with Crippen LogP contribution in [0.25, 0.3) is 0 Å². The molecule has 3 N–H and O–H groups in total. The molecule has 2 aromatic rings. The van der Waals surface area contributed by atoms with Crippen molar-refractivity contribution in [1.29, 1.82) is 0 Å². The van der Waals surface area contributed by atoms with Gasteiger partial charge < -0.3 is 30.1 Å². The molecule has 0 aliphatic carbocycles. The van der Waals surface area contributed by atoms with E-state index in [0.717, 1.165) is 53.6 Å². The van der Waals surface area contributed by atoms with Crippen LogP contribution in [0.3, 0.4) is 0 Å². The molecule has 0 bridgehead atoms. The van der Waals surface area contributed by atoms with E-state index in [4.69, 9.17) is 4.74 Å². The van der Waals surface area contributed by atoms with Crippen molar-refractivity contribution in [2.75, 3.05) is 48.4 Å². The Labute approximate surface area is 256 Å². The summed E-state index contributed by atoms with van der Waals surface area (Å²) in [6, 6.07) is 16.1. The molecular formula is C34H50N5O4+. The summed E-state index contributed by atoms with van der Waals surface area (Å²) in [4.78, 5) is 43.2. The van der Waals surface area contributed by atoms with Crippen molar-refractivity contribution in [2.24, 2.45) is 5.92 Å². The fourth-order valence-corrected chi connectivity index (χ4v) is 6.41. The van der Waals surface area contributed by atoms with Crippen LogP contribution in [-0.4, -0.2) is 99.7 Å². The van der Waals surface area contributed by atoms with Gasteiger partial charge in [-0.3, -0.25) is 14.4 Å². The van der Waals surface area contributed by atoms with Gasteiger partial charge in [0.2, 0.25) is 17.7 Å². The van der Waals surface area contributed by atoms with E-state index in [-0.39, 0.29) is 29.7 Å². The number of methoxy groups -OCH3 is 1. The highest BCUT2D eigenvalue weighted by molar-refractivity contribution is 5.94. The van der Waals surface area contributed by atoms with Crippen LogP contribution in [0.5, 0.6) is 5.75 Å². The van der Waals surface area contributed by atoms with E-state index in [1.165, 1.54) is 0 Å². The molecule has 2 saturated heterocycles. The summed E-state index contributed by atoms with van der Waals surface area (Å²) >= 11 is 0. The lowest BCUT2D eigenvalue weighted by Gasteiger charge is -2.33. The van der Waals surface area contributed by atoms with Gasteiger partial charge in [-0.2, -0.15) is 0 Å². The van der Waals surface area contributed by atoms with Gasteiger partial charge in [-0.25, -0.2) is 0 Å². The molecule has 43 heavy (non-hydrogen) atoms. The second-order valence-electron chi connectivity index (χ2n) is 13.0. The van der Waals surface area contributed by atoms with E-state index in [1.807, 2.05) is 59.5 Å². The first-order chi connectivity index (χ1) is 20.6. The number of likely N-dealkylation sites (N-methyl/N-ethyl adjacent to an activating group) is 1. The molecule has 2 aromatic carbocycles. The van der Waals surface area contributed by atoms with E-state index >= 15 is 0 Å². The largest absolute Gasteiger partial charge is 0.497 e. The van der Waals surface area contributed by atoms with Gasteiger partial charge in [0.05, 0.1) is 40.8 Å². The maximum Gasteiger partial charge on any atom is 0.246 e. The number of carbonyl (C=O) groups is 3. The lowest BCUT2D eigenvalue weighted by Crippen LogP contribution is -2.58. The summed E-state index contributed by atoms with van der Waals surface area (Å²) in [5, 5.41) is 9.40. The van der Waals surface area contributed by atoms with E-state index in [9.17, 15) is 14.4 Å². The molecule has 2 heterocycles. The molecule has 234 valence electrons. The number of hydrogen-bond acceptors (Lipinski definition) is 5. The third kappa shape index (κ3) is 8.80. The molecule has 0 aromatic heterocycles. The van der Waals surface area contributed by atoms with Crippen molar-refractivity contribution in [1.82, 2.24) is 20.9 Å². The number of amides is 3. The van der Waals surface area contributed by atoms with Crippen LogP contribution in [0.2, 0.25) is 0 Å². The lowest BCUT2D eigenvalue weighted by molar-refractivity contribution is -0.871. The zero-order valence-electron chi connectivity index (χ0n) is 26.5. The molecule has 4 rings (SSSR count). The molecule has 0 saturated carbocycles. The maximum atomic E-state index is 14.3. The third-order valence-corrected chi connectivity index (χ3v) is 8.96. The fraction of sp³-hybridized carbons (Fsp3) is 0.559. The minimum atomic E-state index is -0.664. The molecule has 2 aliphatic rings. The molecule has 3 amide bonds. The standard InChI is InChI=1S/C34H49N5O4/c1-35-29(23-25-9-7-6-8-10-25)32(40)37-31-26(20-22-39(2,3)4)13-14-27-15-18-30(38(27)34(31)42)33(41)36-21-19-24-11-16-28(43-5)17-12-24/h6-12,16-17,26-27,29-31,35H,13-15,18-23H2,1-5H3,(H-,36,37,40,41)/p+1/t26-,27+,29-,30+,31+/m1/s1. The van der Waals surface area contributed by atoms with E-state index in [0.29, 0.717) is 25.8 Å². The van der Waals surface area contributed by atoms with Gasteiger partial charge in [0, 0.05) is 19.0 Å². The maximum absolute atomic E-state index is 14.3. The van der Waals surface area contributed by atoms with Crippen molar-refractivity contribution in [3.05, 3.63) is 65.7 Å². The van der Waals surface area contributed by atoms with Crippen LogP contribution >= 0.6 is 0 Å². The van der Waals surface area contributed by atoms with Crippen molar-refractivity contribution >= 4 is 17.7 Å². The Morgan fingerprint density at radius 2 is 1.67 bits per heavy atom. The molecule has 9 heteroatoms. The first-order valence-electron chi connectivity index (χ1n) is 15.6. The monoisotopic (exact) mass is 592 g/mol. The Hall–Kier alpha value is -3.43. The van der Waals surface area contributed by atoms with Gasteiger partial charge in [-0.15, -0.1) is 0 Å². The van der Waals surface area contributed by atoms with Gasteiger partial charge >= 0.3 is 0 Å². The highest BCUT2D eigenvalue weighted by Gasteiger charge is 2.47. The number of carbonyl (C=O) groups excluding carboxylic acids is 3. The molecule has 0 spiro atoms. The number of nitrogens with one attached hydrogen (secondary N) is 3. The predicted octanol–water partition coefficient (Wildman–Crippen LogP) is 2.54. The van der Waals surface area contributed by atoms with Crippen molar-refractivity contribution in [3.63, 3.8) is 0 Å². The Balaban J connectivity index is 1.47.